The van der Waals surface area contributed by atoms with Crippen molar-refractivity contribution >= 4 is 17.6 Å². The predicted molar refractivity (Wildman–Crippen MR) is 71.7 cm³/mol. The molecule has 1 saturated heterocycles. The van der Waals surface area contributed by atoms with Crippen LogP contribution in [0.1, 0.15) is 51.1 Å². The molecular formula is C13H20N4O2. The second-order valence-corrected chi connectivity index (χ2v) is 5.22. The number of aromatic nitrogens is 2. The number of carbonyl (C=O) groups is 2. The topological polar surface area (TPSA) is 86.9 Å². The van der Waals surface area contributed by atoms with Crippen molar-refractivity contribution in [1.29, 1.82) is 0 Å². The highest BCUT2D eigenvalue weighted by Gasteiger charge is 2.23. The summed E-state index contributed by atoms with van der Waals surface area (Å²) in [6.07, 6.45) is 2.91. The highest BCUT2D eigenvalue weighted by Crippen LogP contribution is 2.16. The van der Waals surface area contributed by atoms with E-state index < -0.39 is 6.04 Å². The zero-order valence-corrected chi connectivity index (χ0v) is 11.3. The molecule has 1 aliphatic rings. The molecule has 0 spiro atoms. The fraction of sp³-hybridized carbons (Fsp3) is 0.615. The van der Waals surface area contributed by atoms with E-state index in [0.717, 1.165) is 18.5 Å². The van der Waals surface area contributed by atoms with Crippen molar-refractivity contribution in [3.8, 4) is 0 Å². The van der Waals surface area contributed by atoms with Gasteiger partial charge in [-0.25, -0.2) is 0 Å². The number of hydrogen-bond donors (Lipinski definition) is 3. The lowest BCUT2D eigenvalue weighted by molar-refractivity contribution is -0.126. The molecule has 6 heteroatoms. The minimum Gasteiger partial charge on any atom is -0.344 e. The van der Waals surface area contributed by atoms with Crippen molar-refractivity contribution in [2.24, 2.45) is 0 Å². The molecule has 2 heterocycles. The molecule has 1 unspecified atom stereocenters. The van der Waals surface area contributed by atoms with Crippen molar-refractivity contribution in [3.63, 3.8) is 0 Å². The number of H-pyrrole nitrogens is 1. The van der Waals surface area contributed by atoms with Crippen molar-refractivity contribution in [3.05, 3.63) is 11.8 Å². The lowest BCUT2D eigenvalue weighted by atomic mass is 10.1. The fourth-order valence-corrected chi connectivity index (χ4v) is 2.08. The maximum absolute atomic E-state index is 12.1. The lowest BCUT2D eigenvalue weighted by Gasteiger charge is -2.14. The normalized spacial score (nSPS) is 19.9. The molecule has 2 amide bonds. The monoisotopic (exact) mass is 264 g/mol. The van der Waals surface area contributed by atoms with Crippen LogP contribution in [-0.2, 0) is 9.59 Å². The molecule has 0 saturated carbocycles. The van der Waals surface area contributed by atoms with Crippen molar-refractivity contribution in [2.45, 2.75) is 51.5 Å². The Morgan fingerprint density at radius 1 is 1.47 bits per heavy atom. The van der Waals surface area contributed by atoms with E-state index >= 15 is 0 Å². The Bertz CT molecular complexity index is 467. The van der Waals surface area contributed by atoms with Gasteiger partial charge in [-0.1, -0.05) is 20.3 Å². The number of aromatic amines is 1. The van der Waals surface area contributed by atoms with Gasteiger partial charge in [0.25, 0.3) is 0 Å². The number of rotatable bonds is 3. The van der Waals surface area contributed by atoms with Crippen LogP contribution in [0.2, 0.25) is 0 Å². The first-order valence-corrected chi connectivity index (χ1v) is 6.72. The highest BCUT2D eigenvalue weighted by atomic mass is 16.2. The molecule has 1 fully saturated rings. The van der Waals surface area contributed by atoms with E-state index in [1.54, 1.807) is 0 Å². The second-order valence-electron chi connectivity index (χ2n) is 5.22. The van der Waals surface area contributed by atoms with E-state index in [-0.39, 0.29) is 11.8 Å². The Labute approximate surface area is 112 Å². The molecule has 1 atom stereocenters. The number of anilines is 1. The number of amides is 2. The van der Waals surface area contributed by atoms with E-state index in [9.17, 15) is 9.59 Å². The standard InChI is InChI=1S/C13H20N4O2/c1-8(2)10-7-11(17-16-10)15-13(19)9-5-3-4-6-12(18)14-9/h7-9H,3-6H2,1-2H3,(H,14,18)(H2,15,16,17,19). The van der Waals surface area contributed by atoms with Crippen molar-refractivity contribution < 1.29 is 9.59 Å². The van der Waals surface area contributed by atoms with Gasteiger partial charge in [-0.3, -0.25) is 14.7 Å². The number of hydrogen-bond acceptors (Lipinski definition) is 3. The first kappa shape index (κ1) is 13.6. The summed E-state index contributed by atoms with van der Waals surface area (Å²) >= 11 is 0. The van der Waals surface area contributed by atoms with Crippen molar-refractivity contribution in [2.75, 3.05) is 5.32 Å². The quantitative estimate of drug-likeness (QED) is 0.773. The van der Waals surface area contributed by atoms with Gasteiger partial charge in [0.15, 0.2) is 5.82 Å². The Balaban J connectivity index is 1.97. The predicted octanol–water partition coefficient (Wildman–Crippen LogP) is 1.53. The molecule has 19 heavy (non-hydrogen) atoms. The van der Waals surface area contributed by atoms with Crippen LogP contribution >= 0.6 is 0 Å². The average Bonchev–Trinajstić information content (AvgIpc) is 2.71. The summed E-state index contributed by atoms with van der Waals surface area (Å²) in [5, 5.41) is 12.4. The van der Waals surface area contributed by atoms with Crippen LogP contribution in [0.3, 0.4) is 0 Å². The molecule has 0 aromatic carbocycles. The summed E-state index contributed by atoms with van der Waals surface area (Å²) in [4.78, 5) is 23.5. The summed E-state index contributed by atoms with van der Waals surface area (Å²) in [6, 6.07) is 1.37. The molecule has 0 bridgehead atoms. The molecule has 6 nitrogen and oxygen atoms in total. The number of nitrogens with zero attached hydrogens (tertiary/aromatic N) is 1. The zero-order valence-electron chi connectivity index (χ0n) is 11.3. The van der Waals surface area contributed by atoms with Gasteiger partial charge in [-0.2, -0.15) is 5.10 Å². The van der Waals surface area contributed by atoms with Crippen LogP contribution in [0.25, 0.3) is 0 Å². The fourth-order valence-electron chi connectivity index (χ4n) is 2.08. The molecule has 2 rings (SSSR count). The lowest BCUT2D eigenvalue weighted by Crippen LogP contribution is -2.42. The molecule has 0 aliphatic carbocycles. The zero-order chi connectivity index (χ0) is 13.8. The van der Waals surface area contributed by atoms with Crippen LogP contribution in [-0.4, -0.2) is 28.1 Å². The number of nitrogens with one attached hydrogen (secondary N) is 3. The minimum atomic E-state index is -0.450. The third kappa shape index (κ3) is 3.56. The SMILES string of the molecule is CC(C)c1cc(NC(=O)C2CCCCC(=O)N2)n[nH]1. The van der Waals surface area contributed by atoms with E-state index in [1.165, 1.54) is 0 Å². The Morgan fingerprint density at radius 2 is 2.26 bits per heavy atom. The summed E-state index contributed by atoms with van der Waals surface area (Å²) in [7, 11) is 0. The second kappa shape index (κ2) is 5.86. The van der Waals surface area contributed by atoms with Gasteiger partial charge in [-0.15, -0.1) is 0 Å². The largest absolute Gasteiger partial charge is 0.344 e. The molecule has 104 valence electrons. The van der Waals surface area contributed by atoms with Gasteiger partial charge in [0.2, 0.25) is 11.8 Å². The van der Waals surface area contributed by atoms with E-state index in [2.05, 4.69) is 20.8 Å². The molecule has 0 radical (unpaired) electrons. The van der Waals surface area contributed by atoms with Crippen LogP contribution in [0.5, 0.6) is 0 Å². The molecule has 3 N–H and O–H groups in total. The van der Waals surface area contributed by atoms with Gasteiger partial charge in [0, 0.05) is 18.2 Å². The van der Waals surface area contributed by atoms with E-state index in [1.807, 2.05) is 19.9 Å². The third-order valence-electron chi connectivity index (χ3n) is 3.27. The minimum absolute atomic E-state index is 0.0532. The van der Waals surface area contributed by atoms with Crippen LogP contribution in [0.15, 0.2) is 6.07 Å². The maximum Gasteiger partial charge on any atom is 0.248 e. The first-order chi connectivity index (χ1) is 9.06. The Kier molecular flexibility index (Phi) is 4.19. The van der Waals surface area contributed by atoms with E-state index in [4.69, 9.17) is 0 Å². The summed E-state index contributed by atoms with van der Waals surface area (Å²) in [6.45, 7) is 4.09. The summed E-state index contributed by atoms with van der Waals surface area (Å²) < 4.78 is 0. The summed E-state index contributed by atoms with van der Waals surface area (Å²) in [5.74, 6) is 0.586. The van der Waals surface area contributed by atoms with Gasteiger partial charge >= 0.3 is 0 Å². The van der Waals surface area contributed by atoms with E-state index in [0.29, 0.717) is 24.6 Å². The van der Waals surface area contributed by atoms with Crippen LogP contribution in [0.4, 0.5) is 5.82 Å². The molecule has 1 aromatic heterocycles. The smallest absolute Gasteiger partial charge is 0.248 e. The number of carbonyl (C=O) groups excluding carboxylic acids is 2. The Hall–Kier alpha value is -1.85. The van der Waals surface area contributed by atoms with Gasteiger partial charge in [0.05, 0.1) is 0 Å². The molecular weight excluding hydrogens is 244 g/mol. The van der Waals surface area contributed by atoms with Crippen molar-refractivity contribution in [1.82, 2.24) is 15.5 Å². The van der Waals surface area contributed by atoms with Gasteiger partial charge in [-0.05, 0) is 18.8 Å². The third-order valence-corrected chi connectivity index (χ3v) is 3.27. The molecule has 1 aliphatic heterocycles. The first-order valence-electron chi connectivity index (χ1n) is 6.72. The van der Waals surface area contributed by atoms with Gasteiger partial charge in [0.1, 0.15) is 6.04 Å². The summed E-state index contributed by atoms with van der Waals surface area (Å²) in [5.41, 5.74) is 0.972. The van der Waals surface area contributed by atoms with Crippen LogP contribution in [0, 0.1) is 0 Å². The highest BCUT2D eigenvalue weighted by molar-refractivity contribution is 5.96. The maximum atomic E-state index is 12.1. The van der Waals surface area contributed by atoms with Crippen LogP contribution < -0.4 is 10.6 Å². The Morgan fingerprint density at radius 3 is 2.95 bits per heavy atom. The average molecular weight is 264 g/mol. The molecule has 1 aromatic rings. The van der Waals surface area contributed by atoms with Gasteiger partial charge < -0.3 is 10.6 Å².